The maximum Gasteiger partial charge on any atom is 0.248 e. The van der Waals surface area contributed by atoms with E-state index in [1.54, 1.807) is 27.7 Å². The summed E-state index contributed by atoms with van der Waals surface area (Å²) >= 11 is 10.4. The fraction of sp³-hybridized carbons (Fsp3) is 0.619. The maximum absolute atomic E-state index is 12.8. The summed E-state index contributed by atoms with van der Waals surface area (Å²) in [5.41, 5.74) is 0. The predicted octanol–water partition coefficient (Wildman–Crippen LogP) is 0.518. The standard InChI is InChI=1S/C21H28N4O6S2/c1-5-22-16(28)14(17(29)23(6-2)20(22)32)12(26)10-9-11-13(27)15-18(30)24(7-3)21(33)25(8-4)19(15)31/h14-15H,5-11H2,1-4H3. The highest BCUT2D eigenvalue weighted by Crippen LogP contribution is 2.23. The fourth-order valence-electron chi connectivity index (χ4n) is 3.94. The number of rotatable bonds is 10. The molecule has 12 heteroatoms. The van der Waals surface area contributed by atoms with Crippen LogP contribution in [0.1, 0.15) is 47.0 Å². The zero-order chi connectivity index (χ0) is 25.0. The second-order valence-corrected chi connectivity index (χ2v) is 8.28. The normalized spacial score (nSPS) is 18.7. The van der Waals surface area contributed by atoms with Crippen molar-refractivity contribution in [3.8, 4) is 0 Å². The molecule has 0 unspecified atom stereocenters. The first-order valence-electron chi connectivity index (χ1n) is 11.0. The molecule has 33 heavy (non-hydrogen) atoms. The minimum Gasteiger partial charge on any atom is -0.298 e. The molecule has 10 nitrogen and oxygen atoms in total. The van der Waals surface area contributed by atoms with E-state index in [4.69, 9.17) is 24.4 Å². The summed E-state index contributed by atoms with van der Waals surface area (Å²) < 4.78 is 0. The maximum atomic E-state index is 12.8. The number of carbonyl (C=O) groups excluding carboxylic acids is 6. The van der Waals surface area contributed by atoms with Crippen LogP contribution >= 0.6 is 24.4 Å². The van der Waals surface area contributed by atoms with Crippen molar-refractivity contribution in [1.29, 1.82) is 0 Å². The van der Waals surface area contributed by atoms with E-state index in [-0.39, 0.29) is 55.7 Å². The summed E-state index contributed by atoms with van der Waals surface area (Å²) in [6.45, 7) is 7.65. The third kappa shape index (κ3) is 4.86. The van der Waals surface area contributed by atoms with E-state index in [0.717, 1.165) is 0 Å². The van der Waals surface area contributed by atoms with Gasteiger partial charge in [0.15, 0.2) is 33.6 Å². The van der Waals surface area contributed by atoms with E-state index in [1.807, 2.05) is 0 Å². The lowest BCUT2D eigenvalue weighted by Crippen LogP contribution is -2.61. The zero-order valence-corrected chi connectivity index (χ0v) is 20.8. The molecule has 0 aromatic heterocycles. The highest BCUT2D eigenvalue weighted by Gasteiger charge is 2.47. The molecule has 0 aliphatic carbocycles. The molecular weight excluding hydrogens is 468 g/mol. The molecule has 4 amide bonds. The molecule has 180 valence electrons. The molecule has 2 aliphatic rings. The van der Waals surface area contributed by atoms with Crippen molar-refractivity contribution in [1.82, 2.24) is 19.6 Å². The van der Waals surface area contributed by atoms with Crippen LogP contribution in [0, 0.1) is 11.8 Å². The van der Waals surface area contributed by atoms with Gasteiger partial charge in [0.05, 0.1) is 0 Å². The number of carbonyl (C=O) groups is 6. The van der Waals surface area contributed by atoms with Gasteiger partial charge in [-0.25, -0.2) is 0 Å². The van der Waals surface area contributed by atoms with E-state index in [9.17, 15) is 28.8 Å². The van der Waals surface area contributed by atoms with Crippen LogP contribution < -0.4 is 0 Å². The highest BCUT2D eigenvalue weighted by molar-refractivity contribution is 7.80. The van der Waals surface area contributed by atoms with Gasteiger partial charge in [0.2, 0.25) is 23.6 Å². The molecule has 2 rings (SSSR count). The van der Waals surface area contributed by atoms with E-state index >= 15 is 0 Å². The molecule has 0 aromatic rings. The number of amides is 4. The molecule has 2 heterocycles. The first-order chi connectivity index (χ1) is 15.6. The summed E-state index contributed by atoms with van der Waals surface area (Å²) in [5.74, 6) is -6.93. The summed E-state index contributed by atoms with van der Waals surface area (Å²) in [6, 6.07) is 0. The zero-order valence-electron chi connectivity index (χ0n) is 19.2. The van der Waals surface area contributed by atoms with Crippen LogP contribution in [0.4, 0.5) is 0 Å². The Kier molecular flexibility index (Phi) is 8.89. The molecule has 0 radical (unpaired) electrons. The van der Waals surface area contributed by atoms with Crippen LogP contribution in [0.25, 0.3) is 0 Å². The molecule has 2 saturated heterocycles. The summed E-state index contributed by atoms with van der Waals surface area (Å²) in [7, 11) is 0. The van der Waals surface area contributed by atoms with Gasteiger partial charge >= 0.3 is 0 Å². The number of nitrogens with zero attached hydrogens (tertiary/aromatic N) is 4. The van der Waals surface area contributed by atoms with E-state index < -0.39 is 47.0 Å². The summed E-state index contributed by atoms with van der Waals surface area (Å²) in [5, 5.41) is 0.143. The van der Waals surface area contributed by atoms with Gasteiger partial charge < -0.3 is 0 Å². The molecule has 0 saturated carbocycles. The topological polar surface area (TPSA) is 115 Å². The van der Waals surface area contributed by atoms with E-state index in [1.165, 1.54) is 19.6 Å². The molecule has 2 fully saturated rings. The number of Topliss-reactive ketones (excluding diaryl/α,β-unsaturated/α-hetero) is 2. The molecule has 0 atom stereocenters. The fourth-order valence-corrected chi connectivity index (χ4v) is 4.82. The molecule has 0 bridgehead atoms. The van der Waals surface area contributed by atoms with E-state index in [0.29, 0.717) is 0 Å². The second kappa shape index (κ2) is 11.0. The summed E-state index contributed by atoms with van der Waals surface area (Å²) in [6.07, 6.45) is -0.451. The van der Waals surface area contributed by atoms with Gasteiger partial charge in [0, 0.05) is 39.0 Å². The Morgan fingerprint density at radius 2 is 0.848 bits per heavy atom. The van der Waals surface area contributed by atoms with Gasteiger partial charge in [0.1, 0.15) is 0 Å². The number of ketones is 2. The average molecular weight is 497 g/mol. The van der Waals surface area contributed by atoms with Crippen LogP contribution in [0.2, 0.25) is 0 Å². The number of hydrogen-bond acceptors (Lipinski definition) is 8. The number of thiocarbonyl (C=S) groups is 2. The molecule has 0 spiro atoms. The Balaban J connectivity index is 2.08. The van der Waals surface area contributed by atoms with Crippen molar-refractivity contribution in [3.63, 3.8) is 0 Å². The first-order valence-corrected chi connectivity index (χ1v) is 11.8. The second-order valence-electron chi connectivity index (χ2n) is 7.55. The SMILES string of the molecule is CCN1C(=O)C(C(=O)CCCC(=O)C2C(=O)N(CC)C(=S)N(CC)C2=O)C(=O)N(CC)C1=S. The Labute approximate surface area is 203 Å². The van der Waals surface area contributed by atoms with Crippen LogP contribution in [0.15, 0.2) is 0 Å². The van der Waals surface area contributed by atoms with Crippen LogP contribution in [-0.2, 0) is 28.8 Å². The lowest BCUT2D eigenvalue weighted by atomic mass is 9.91. The monoisotopic (exact) mass is 496 g/mol. The van der Waals surface area contributed by atoms with Gasteiger partial charge in [0.25, 0.3) is 0 Å². The van der Waals surface area contributed by atoms with Crippen molar-refractivity contribution in [2.75, 3.05) is 26.2 Å². The van der Waals surface area contributed by atoms with Crippen molar-refractivity contribution in [3.05, 3.63) is 0 Å². The molecule has 0 N–H and O–H groups in total. The molecule has 0 aromatic carbocycles. The Morgan fingerprint density at radius 1 is 0.606 bits per heavy atom. The third-order valence-electron chi connectivity index (χ3n) is 5.73. The highest BCUT2D eigenvalue weighted by atomic mass is 32.1. The number of hydrogen-bond donors (Lipinski definition) is 0. The van der Waals surface area contributed by atoms with Crippen molar-refractivity contribution < 1.29 is 28.8 Å². The Morgan fingerprint density at radius 3 is 1.06 bits per heavy atom. The van der Waals surface area contributed by atoms with Gasteiger partial charge in [-0.05, 0) is 58.6 Å². The minimum atomic E-state index is -1.51. The van der Waals surface area contributed by atoms with Gasteiger partial charge in [-0.2, -0.15) is 0 Å². The third-order valence-corrected chi connectivity index (χ3v) is 6.61. The van der Waals surface area contributed by atoms with Crippen molar-refractivity contribution >= 4 is 69.9 Å². The molecular formula is C21H28N4O6S2. The Hall–Kier alpha value is -2.60. The van der Waals surface area contributed by atoms with E-state index in [2.05, 4.69) is 0 Å². The Bertz CT molecular complexity index is 796. The van der Waals surface area contributed by atoms with Gasteiger partial charge in [-0.1, -0.05) is 0 Å². The largest absolute Gasteiger partial charge is 0.298 e. The van der Waals surface area contributed by atoms with Crippen LogP contribution in [0.3, 0.4) is 0 Å². The first kappa shape index (κ1) is 26.7. The minimum absolute atomic E-state index is 0.00280. The van der Waals surface area contributed by atoms with Gasteiger partial charge in [-0.15, -0.1) is 0 Å². The van der Waals surface area contributed by atoms with Gasteiger partial charge in [-0.3, -0.25) is 48.4 Å². The van der Waals surface area contributed by atoms with Crippen molar-refractivity contribution in [2.24, 2.45) is 11.8 Å². The van der Waals surface area contributed by atoms with Crippen molar-refractivity contribution in [2.45, 2.75) is 47.0 Å². The predicted molar refractivity (Wildman–Crippen MR) is 126 cm³/mol. The van der Waals surface area contributed by atoms with Crippen LogP contribution in [-0.4, -0.2) is 91.2 Å². The lowest BCUT2D eigenvalue weighted by molar-refractivity contribution is -0.153. The lowest BCUT2D eigenvalue weighted by Gasteiger charge is -2.38. The summed E-state index contributed by atoms with van der Waals surface area (Å²) in [4.78, 5) is 81.1. The average Bonchev–Trinajstić information content (AvgIpc) is 2.75. The van der Waals surface area contributed by atoms with Crippen LogP contribution in [0.5, 0.6) is 0 Å². The smallest absolute Gasteiger partial charge is 0.248 e. The quantitative estimate of drug-likeness (QED) is 0.318. The molecule has 2 aliphatic heterocycles.